The Hall–Kier alpha value is -1.51. The van der Waals surface area contributed by atoms with Crippen molar-refractivity contribution < 1.29 is 4.79 Å². The Labute approximate surface area is 95.4 Å². The number of amides is 1. The molecule has 3 heteroatoms. The number of nitrogens with one attached hydrogen (secondary N) is 1. The molecule has 1 fully saturated rings. The van der Waals surface area contributed by atoms with Crippen molar-refractivity contribution in [2.45, 2.75) is 32.2 Å². The smallest absolute Gasteiger partial charge is 0.246 e. The van der Waals surface area contributed by atoms with Crippen LogP contribution in [0.3, 0.4) is 0 Å². The molecule has 2 aliphatic rings. The lowest BCUT2D eigenvalue weighted by atomic mass is 9.90. The topological polar surface area (TPSA) is 32.3 Å². The van der Waals surface area contributed by atoms with Crippen LogP contribution < -0.4 is 10.2 Å². The normalized spacial score (nSPS) is 20.1. The number of benzene rings is 1. The van der Waals surface area contributed by atoms with Gasteiger partial charge in [-0.3, -0.25) is 4.79 Å². The number of carbonyl (C=O) groups excluding carboxylic acids is 1. The van der Waals surface area contributed by atoms with Gasteiger partial charge < -0.3 is 10.2 Å². The van der Waals surface area contributed by atoms with Crippen molar-refractivity contribution in [3.8, 4) is 0 Å². The van der Waals surface area contributed by atoms with Crippen molar-refractivity contribution in [1.82, 2.24) is 0 Å². The van der Waals surface area contributed by atoms with Gasteiger partial charge in [-0.15, -0.1) is 0 Å². The molecule has 84 valence electrons. The third-order valence-electron chi connectivity index (χ3n) is 3.55. The molecule has 1 aliphatic heterocycles. The minimum atomic E-state index is 0.211. The number of hydrogen-bond acceptors (Lipinski definition) is 2. The molecule has 1 aromatic rings. The fourth-order valence-electron chi connectivity index (χ4n) is 2.43. The molecule has 0 spiro atoms. The van der Waals surface area contributed by atoms with Crippen LogP contribution in [-0.4, -0.2) is 18.5 Å². The Morgan fingerprint density at radius 1 is 1.38 bits per heavy atom. The third kappa shape index (κ3) is 1.39. The minimum Gasteiger partial charge on any atom is -0.374 e. The molecule has 16 heavy (non-hydrogen) atoms. The first-order valence-corrected chi connectivity index (χ1v) is 5.92. The Kier molecular flexibility index (Phi) is 2.13. The third-order valence-corrected chi connectivity index (χ3v) is 3.55. The minimum absolute atomic E-state index is 0.211. The van der Waals surface area contributed by atoms with Crippen molar-refractivity contribution >= 4 is 17.3 Å². The summed E-state index contributed by atoms with van der Waals surface area (Å²) in [6.45, 7) is 2.50. The van der Waals surface area contributed by atoms with Crippen LogP contribution in [0.2, 0.25) is 0 Å². The van der Waals surface area contributed by atoms with Gasteiger partial charge in [0.25, 0.3) is 0 Å². The van der Waals surface area contributed by atoms with Crippen molar-refractivity contribution in [1.29, 1.82) is 0 Å². The molecule has 3 nitrogen and oxygen atoms in total. The first-order valence-electron chi connectivity index (χ1n) is 5.92. The summed E-state index contributed by atoms with van der Waals surface area (Å²) in [7, 11) is 0. The van der Waals surface area contributed by atoms with Crippen LogP contribution in [0, 0.1) is 6.92 Å². The summed E-state index contributed by atoms with van der Waals surface area (Å²) >= 11 is 0. The fraction of sp³-hybridized carbons (Fsp3) is 0.462. The van der Waals surface area contributed by atoms with Crippen molar-refractivity contribution in [2.24, 2.45) is 0 Å². The second-order valence-corrected chi connectivity index (χ2v) is 4.72. The van der Waals surface area contributed by atoms with Gasteiger partial charge in [-0.25, -0.2) is 0 Å². The van der Waals surface area contributed by atoms with Crippen LogP contribution in [-0.2, 0) is 4.79 Å². The number of rotatable bonds is 1. The summed E-state index contributed by atoms with van der Waals surface area (Å²) in [4.78, 5) is 14.0. The molecule has 0 atom stereocenters. The molecule has 1 saturated carbocycles. The van der Waals surface area contributed by atoms with Gasteiger partial charge >= 0.3 is 0 Å². The lowest BCUT2D eigenvalue weighted by molar-refractivity contribution is -0.118. The lowest BCUT2D eigenvalue weighted by Gasteiger charge is -2.41. The molecule has 1 heterocycles. The van der Waals surface area contributed by atoms with E-state index in [4.69, 9.17) is 0 Å². The maximum absolute atomic E-state index is 12.0. The highest BCUT2D eigenvalue weighted by Crippen LogP contribution is 2.36. The Bertz CT molecular complexity index is 438. The maximum Gasteiger partial charge on any atom is 0.246 e. The quantitative estimate of drug-likeness (QED) is 0.781. The molecule has 0 aromatic heterocycles. The Morgan fingerprint density at radius 3 is 2.88 bits per heavy atom. The Balaban J connectivity index is 2.04. The van der Waals surface area contributed by atoms with Gasteiger partial charge in [0.15, 0.2) is 0 Å². The summed E-state index contributed by atoms with van der Waals surface area (Å²) in [6, 6.07) is 6.70. The van der Waals surface area contributed by atoms with Gasteiger partial charge in [0.05, 0.1) is 17.9 Å². The number of carbonyl (C=O) groups is 1. The second kappa shape index (κ2) is 3.51. The van der Waals surface area contributed by atoms with E-state index in [-0.39, 0.29) is 5.91 Å². The van der Waals surface area contributed by atoms with E-state index in [0.717, 1.165) is 24.2 Å². The van der Waals surface area contributed by atoms with Crippen LogP contribution in [0.4, 0.5) is 11.4 Å². The zero-order valence-corrected chi connectivity index (χ0v) is 9.49. The van der Waals surface area contributed by atoms with Gasteiger partial charge in [0.1, 0.15) is 0 Å². The van der Waals surface area contributed by atoms with E-state index < -0.39 is 0 Å². The molecule has 0 bridgehead atoms. The molecular weight excluding hydrogens is 200 g/mol. The molecular formula is C13H16N2O. The van der Waals surface area contributed by atoms with Gasteiger partial charge in [-0.05, 0) is 43.9 Å². The van der Waals surface area contributed by atoms with Crippen LogP contribution in [0.25, 0.3) is 0 Å². The molecule has 0 unspecified atom stereocenters. The summed E-state index contributed by atoms with van der Waals surface area (Å²) < 4.78 is 0. The van der Waals surface area contributed by atoms with Gasteiger partial charge in [-0.2, -0.15) is 0 Å². The van der Waals surface area contributed by atoms with Crippen LogP contribution in [0.5, 0.6) is 0 Å². The molecule has 1 aliphatic carbocycles. The zero-order chi connectivity index (χ0) is 11.1. The predicted octanol–water partition coefficient (Wildman–Crippen LogP) is 2.31. The summed E-state index contributed by atoms with van der Waals surface area (Å²) in [6.07, 6.45) is 3.56. The number of hydrogen-bond donors (Lipinski definition) is 1. The van der Waals surface area contributed by atoms with E-state index in [9.17, 15) is 4.79 Å². The number of nitrogens with zero attached hydrogens (tertiary/aromatic N) is 1. The summed E-state index contributed by atoms with van der Waals surface area (Å²) in [5, 5.41) is 3.18. The molecule has 1 N–H and O–H groups in total. The van der Waals surface area contributed by atoms with Crippen molar-refractivity contribution in [3.63, 3.8) is 0 Å². The van der Waals surface area contributed by atoms with Gasteiger partial charge in [-0.1, -0.05) is 6.07 Å². The first kappa shape index (κ1) is 9.70. The monoisotopic (exact) mass is 216 g/mol. The highest BCUT2D eigenvalue weighted by Gasteiger charge is 2.33. The van der Waals surface area contributed by atoms with E-state index in [1.54, 1.807) is 0 Å². The fourth-order valence-corrected chi connectivity index (χ4v) is 2.43. The van der Waals surface area contributed by atoms with E-state index in [0.29, 0.717) is 12.6 Å². The second-order valence-electron chi connectivity index (χ2n) is 4.72. The van der Waals surface area contributed by atoms with Crippen LogP contribution in [0.15, 0.2) is 18.2 Å². The molecule has 0 radical (unpaired) electrons. The van der Waals surface area contributed by atoms with Crippen LogP contribution >= 0.6 is 0 Å². The number of anilines is 2. The molecule has 0 saturated heterocycles. The SMILES string of the molecule is Cc1ccc2c(c1)N(C1CCC1)C(=O)CN2. The first-order chi connectivity index (χ1) is 7.75. The van der Waals surface area contributed by atoms with E-state index in [1.165, 1.54) is 12.0 Å². The van der Waals surface area contributed by atoms with Crippen molar-refractivity contribution in [3.05, 3.63) is 23.8 Å². The molecule has 1 amide bonds. The highest BCUT2D eigenvalue weighted by molar-refractivity contribution is 6.03. The molecule has 1 aromatic carbocycles. The van der Waals surface area contributed by atoms with E-state index in [2.05, 4.69) is 30.4 Å². The summed E-state index contributed by atoms with van der Waals surface area (Å²) in [5.74, 6) is 0.211. The lowest BCUT2D eigenvalue weighted by Crippen LogP contribution is -2.49. The van der Waals surface area contributed by atoms with E-state index >= 15 is 0 Å². The van der Waals surface area contributed by atoms with Crippen LogP contribution in [0.1, 0.15) is 24.8 Å². The zero-order valence-electron chi connectivity index (χ0n) is 9.49. The number of aryl methyl sites for hydroxylation is 1. The summed E-state index contributed by atoms with van der Waals surface area (Å²) in [5.41, 5.74) is 3.37. The predicted molar refractivity (Wildman–Crippen MR) is 64.8 cm³/mol. The largest absolute Gasteiger partial charge is 0.374 e. The average Bonchev–Trinajstić information content (AvgIpc) is 2.20. The van der Waals surface area contributed by atoms with Gasteiger partial charge in [0.2, 0.25) is 5.91 Å². The Morgan fingerprint density at radius 2 is 2.19 bits per heavy atom. The average molecular weight is 216 g/mol. The molecule has 3 rings (SSSR count). The van der Waals surface area contributed by atoms with E-state index in [1.807, 2.05) is 4.90 Å². The maximum atomic E-state index is 12.0. The van der Waals surface area contributed by atoms with Gasteiger partial charge in [0, 0.05) is 6.04 Å². The van der Waals surface area contributed by atoms with Crippen molar-refractivity contribution in [2.75, 3.05) is 16.8 Å². The number of fused-ring (bicyclic) bond motifs is 1. The standard InChI is InChI=1S/C13H16N2O/c1-9-5-6-11-12(7-9)15(10-3-2-4-10)13(16)8-14-11/h5-7,10,14H,2-4,8H2,1H3. The highest BCUT2D eigenvalue weighted by atomic mass is 16.2.